The van der Waals surface area contributed by atoms with Crippen molar-refractivity contribution in [2.24, 2.45) is 0 Å². The third kappa shape index (κ3) is 10.1. The molecule has 236 valence electrons. The normalized spacial score (nSPS) is 14.0. The van der Waals surface area contributed by atoms with Crippen LogP contribution in [0, 0.1) is 5.82 Å². The van der Waals surface area contributed by atoms with Gasteiger partial charge >= 0.3 is 6.61 Å². The molecular weight excluding hydrogens is 613 g/mol. The zero-order valence-electron chi connectivity index (χ0n) is 24.0. The van der Waals surface area contributed by atoms with Gasteiger partial charge in [-0.25, -0.2) is 4.39 Å². The first-order valence-electron chi connectivity index (χ1n) is 13.8. The monoisotopic (exact) mass is 642 g/mol. The maximum Gasteiger partial charge on any atom is 0.387 e. The van der Waals surface area contributed by atoms with Gasteiger partial charge in [-0.2, -0.15) is 8.78 Å². The number of amides is 3. The Balaban J connectivity index is 1.24. The number of hydrogen-bond acceptors (Lipinski definition) is 8. The highest BCUT2D eigenvalue weighted by Gasteiger charge is 2.34. The van der Waals surface area contributed by atoms with Crippen LogP contribution in [0.25, 0.3) is 12.2 Å². The van der Waals surface area contributed by atoms with Crippen molar-refractivity contribution in [2.45, 2.75) is 13.5 Å². The zero-order chi connectivity index (χ0) is 32.2. The summed E-state index contributed by atoms with van der Waals surface area (Å²) >= 11 is 0.749. The van der Waals surface area contributed by atoms with Crippen molar-refractivity contribution in [3.8, 4) is 23.0 Å². The van der Waals surface area contributed by atoms with Crippen molar-refractivity contribution in [2.75, 3.05) is 32.9 Å². The Morgan fingerprint density at radius 2 is 1.60 bits per heavy atom. The molecule has 0 bridgehead atoms. The number of carbonyl (C=O) groups is 3. The maximum absolute atomic E-state index is 13.0. The van der Waals surface area contributed by atoms with Crippen LogP contribution in [0.4, 0.5) is 18.0 Å². The molecule has 45 heavy (non-hydrogen) atoms. The van der Waals surface area contributed by atoms with Gasteiger partial charge < -0.3 is 24.3 Å². The number of thioether (sulfide) groups is 1. The van der Waals surface area contributed by atoms with Crippen molar-refractivity contribution in [3.05, 3.63) is 94.7 Å². The molecule has 1 N–H and O–H groups in total. The summed E-state index contributed by atoms with van der Waals surface area (Å²) in [5.41, 5.74) is 1.21. The smallest absolute Gasteiger partial charge is 0.387 e. The summed E-state index contributed by atoms with van der Waals surface area (Å²) in [5.74, 6) is 0.169. The Morgan fingerprint density at radius 1 is 0.911 bits per heavy atom. The van der Waals surface area contributed by atoms with Gasteiger partial charge in [-0.3, -0.25) is 19.3 Å². The molecule has 0 radical (unpaired) electrons. The van der Waals surface area contributed by atoms with Gasteiger partial charge in [0.15, 0.2) is 11.5 Å². The molecule has 3 aromatic carbocycles. The predicted molar refractivity (Wildman–Crippen MR) is 163 cm³/mol. The van der Waals surface area contributed by atoms with Crippen LogP contribution in [-0.2, 0) is 9.59 Å². The molecule has 1 saturated heterocycles. The van der Waals surface area contributed by atoms with E-state index < -0.39 is 23.7 Å². The average Bonchev–Trinajstić information content (AvgIpc) is 3.28. The molecule has 0 spiro atoms. The topological polar surface area (TPSA) is 103 Å². The number of hydrogen-bond donors (Lipinski definition) is 1. The first-order valence-corrected chi connectivity index (χ1v) is 14.6. The third-order valence-corrected chi connectivity index (χ3v) is 6.94. The highest BCUT2D eigenvalue weighted by Crippen LogP contribution is 2.32. The highest BCUT2D eigenvalue weighted by atomic mass is 32.2. The van der Waals surface area contributed by atoms with Crippen molar-refractivity contribution >= 4 is 41.0 Å². The summed E-state index contributed by atoms with van der Waals surface area (Å²) in [6.07, 6.45) is 4.38. The number of nitrogens with zero attached hydrogens (tertiary/aromatic N) is 1. The van der Waals surface area contributed by atoms with Crippen molar-refractivity contribution in [3.63, 3.8) is 0 Å². The SMILES string of the molecule is CCOc1cc(/C=C/C(=O)NCCN2C(=O)S/C(=C/c3ccc(OC(F)F)cc3)C2=O)ccc1OCCOc1ccc(F)cc1. The Hall–Kier alpha value is -4.91. The third-order valence-electron chi connectivity index (χ3n) is 6.03. The van der Waals surface area contributed by atoms with E-state index in [1.54, 1.807) is 24.3 Å². The minimum atomic E-state index is -2.95. The summed E-state index contributed by atoms with van der Waals surface area (Å²) < 4.78 is 59.0. The van der Waals surface area contributed by atoms with E-state index in [0.29, 0.717) is 35.0 Å². The number of benzene rings is 3. The van der Waals surface area contributed by atoms with Crippen LogP contribution >= 0.6 is 11.8 Å². The van der Waals surface area contributed by atoms with E-state index in [-0.39, 0.29) is 42.8 Å². The van der Waals surface area contributed by atoms with E-state index in [1.807, 2.05) is 6.92 Å². The molecule has 13 heteroatoms. The molecular formula is C32H29F3N2O7S. The number of ether oxygens (including phenoxy) is 4. The quantitative estimate of drug-likeness (QED) is 0.156. The second kappa shape index (κ2) is 16.2. The second-order valence-corrected chi connectivity index (χ2v) is 10.2. The molecule has 1 heterocycles. The second-order valence-electron chi connectivity index (χ2n) is 9.20. The fraction of sp³-hybridized carbons (Fsp3) is 0.219. The Morgan fingerprint density at radius 3 is 2.31 bits per heavy atom. The van der Waals surface area contributed by atoms with Gasteiger partial charge in [-0.15, -0.1) is 0 Å². The van der Waals surface area contributed by atoms with Crippen LogP contribution in [0.2, 0.25) is 0 Å². The van der Waals surface area contributed by atoms with Crippen molar-refractivity contribution in [1.82, 2.24) is 10.2 Å². The molecule has 1 aliphatic rings. The standard InChI is InChI=1S/C32H29F3N2O7S/c1-2-41-27-19-21(5-13-26(27)43-18-17-42-24-11-7-23(33)8-12-24)6-14-29(38)36-15-16-37-30(39)28(45-32(37)40)20-22-3-9-25(10-4-22)44-31(34)35/h3-14,19-20,31H,2,15-18H2,1H3,(H,36,38)/b14-6+,28-20+. The van der Waals surface area contributed by atoms with E-state index in [4.69, 9.17) is 14.2 Å². The molecule has 0 aromatic heterocycles. The van der Waals surface area contributed by atoms with Gasteiger partial charge in [0.1, 0.15) is 30.5 Å². The highest BCUT2D eigenvalue weighted by molar-refractivity contribution is 8.18. The molecule has 1 fully saturated rings. The lowest BCUT2D eigenvalue weighted by Crippen LogP contribution is -2.36. The molecule has 0 atom stereocenters. The average molecular weight is 643 g/mol. The first kappa shape index (κ1) is 33.0. The summed E-state index contributed by atoms with van der Waals surface area (Å²) in [5, 5.41) is 2.16. The van der Waals surface area contributed by atoms with Gasteiger partial charge in [0.2, 0.25) is 5.91 Å². The van der Waals surface area contributed by atoms with Crippen LogP contribution in [0.3, 0.4) is 0 Å². The van der Waals surface area contributed by atoms with E-state index >= 15 is 0 Å². The summed E-state index contributed by atoms with van der Waals surface area (Å²) in [7, 11) is 0. The summed E-state index contributed by atoms with van der Waals surface area (Å²) in [4.78, 5) is 38.7. The van der Waals surface area contributed by atoms with Crippen LogP contribution in [0.1, 0.15) is 18.1 Å². The molecule has 0 saturated carbocycles. The first-order chi connectivity index (χ1) is 21.7. The van der Waals surface area contributed by atoms with Crippen LogP contribution in [0.15, 0.2) is 77.7 Å². The largest absolute Gasteiger partial charge is 0.490 e. The number of halogens is 3. The van der Waals surface area contributed by atoms with Gasteiger partial charge in [0.25, 0.3) is 11.1 Å². The van der Waals surface area contributed by atoms with Gasteiger partial charge in [-0.1, -0.05) is 18.2 Å². The van der Waals surface area contributed by atoms with Gasteiger partial charge in [0.05, 0.1) is 11.5 Å². The molecule has 3 aromatic rings. The minimum Gasteiger partial charge on any atom is -0.490 e. The van der Waals surface area contributed by atoms with E-state index in [1.165, 1.54) is 60.7 Å². The Labute approximate surface area is 261 Å². The number of carbonyl (C=O) groups excluding carboxylic acids is 3. The zero-order valence-corrected chi connectivity index (χ0v) is 24.9. The lowest BCUT2D eigenvalue weighted by atomic mass is 10.2. The van der Waals surface area contributed by atoms with Gasteiger partial charge in [-0.05, 0) is 90.5 Å². The van der Waals surface area contributed by atoms with Crippen molar-refractivity contribution < 1.29 is 46.5 Å². The molecule has 4 rings (SSSR count). The number of nitrogens with one attached hydrogen (secondary N) is 1. The molecule has 0 unspecified atom stereocenters. The van der Waals surface area contributed by atoms with E-state index in [9.17, 15) is 27.6 Å². The fourth-order valence-electron chi connectivity index (χ4n) is 3.97. The lowest BCUT2D eigenvalue weighted by Gasteiger charge is -2.13. The van der Waals surface area contributed by atoms with Crippen LogP contribution in [-0.4, -0.2) is 61.5 Å². The molecule has 9 nitrogen and oxygen atoms in total. The summed E-state index contributed by atoms with van der Waals surface area (Å²) in [6, 6.07) is 16.5. The Bertz CT molecular complexity index is 1550. The number of rotatable bonds is 15. The molecule has 0 aliphatic carbocycles. The minimum absolute atomic E-state index is 0.0253. The molecule has 3 amide bonds. The van der Waals surface area contributed by atoms with Crippen LogP contribution < -0.4 is 24.3 Å². The predicted octanol–water partition coefficient (Wildman–Crippen LogP) is 6.15. The van der Waals surface area contributed by atoms with Crippen LogP contribution in [0.5, 0.6) is 23.0 Å². The summed E-state index contributed by atoms with van der Waals surface area (Å²) in [6.45, 7) is -0.271. The van der Waals surface area contributed by atoms with Crippen molar-refractivity contribution in [1.29, 1.82) is 0 Å². The Kier molecular flexibility index (Phi) is 11.9. The van der Waals surface area contributed by atoms with E-state index in [2.05, 4.69) is 10.1 Å². The number of alkyl halides is 2. The van der Waals surface area contributed by atoms with Gasteiger partial charge in [0, 0.05) is 19.2 Å². The molecule has 1 aliphatic heterocycles. The fourth-order valence-corrected chi connectivity index (χ4v) is 4.83. The number of imide groups is 1. The van der Waals surface area contributed by atoms with E-state index in [0.717, 1.165) is 16.7 Å². The maximum atomic E-state index is 13.0. The lowest BCUT2D eigenvalue weighted by molar-refractivity contribution is -0.123.